The van der Waals surface area contributed by atoms with Gasteiger partial charge in [-0.15, -0.1) is 0 Å². The molecule has 0 radical (unpaired) electrons. The lowest BCUT2D eigenvalue weighted by Crippen LogP contribution is -2.25. The standard InChI is InChI=1S/C47H29N3O2/c1-2-12-30(13-3-1)45-48-46(31-24-23-29-22-21-28-11-4-5-14-32(28)38(29)27-31)50-47(49-45)37-26-25-34(44-43(37)36-16-7-9-19-40(36)52-44)33-17-10-20-41-42(33)35-15-6-8-18-39(35)51-41/h1-27,43-44H. The van der Waals surface area contributed by atoms with Gasteiger partial charge < -0.3 is 9.15 Å². The van der Waals surface area contributed by atoms with Gasteiger partial charge in [0.25, 0.3) is 0 Å². The number of fused-ring (bicyclic) bond motifs is 9. The molecule has 0 fully saturated rings. The molecule has 1 aliphatic carbocycles. The van der Waals surface area contributed by atoms with Gasteiger partial charge in [-0.2, -0.15) is 0 Å². The maximum Gasteiger partial charge on any atom is 0.164 e. The minimum Gasteiger partial charge on any atom is -0.484 e. The topological polar surface area (TPSA) is 61.0 Å². The fourth-order valence-corrected chi connectivity index (χ4v) is 8.13. The summed E-state index contributed by atoms with van der Waals surface area (Å²) in [5.41, 5.74) is 7.92. The second kappa shape index (κ2) is 11.3. The van der Waals surface area contributed by atoms with E-state index in [9.17, 15) is 0 Å². The van der Waals surface area contributed by atoms with E-state index in [0.717, 1.165) is 61.1 Å². The number of hydrogen-bond donors (Lipinski definition) is 0. The second-order valence-corrected chi connectivity index (χ2v) is 13.5. The Morgan fingerprint density at radius 1 is 0.462 bits per heavy atom. The Morgan fingerprint density at radius 2 is 1.13 bits per heavy atom. The molecular weight excluding hydrogens is 639 g/mol. The molecule has 3 heterocycles. The minimum absolute atomic E-state index is 0.135. The minimum atomic E-state index is -0.288. The lowest BCUT2D eigenvalue weighted by molar-refractivity contribution is 0.281. The Labute approximate surface area is 299 Å². The molecule has 2 aromatic heterocycles. The monoisotopic (exact) mass is 667 g/mol. The van der Waals surface area contributed by atoms with E-state index in [4.69, 9.17) is 24.1 Å². The molecule has 1 aliphatic heterocycles. The summed E-state index contributed by atoms with van der Waals surface area (Å²) in [7, 11) is 0. The highest BCUT2D eigenvalue weighted by molar-refractivity contribution is 6.11. The molecule has 52 heavy (non-hydrogen) atoms. The number of furan rings is 1. The lowest BCUT2D eigenvalue weighted by atomic mass is 9.78. The molecule has 5 nitrogen and oxygen atoms in total. The van der Waals surface area contributed by atoms with Crippen LogP contribution in [0.2, 0.25) is 0 Å². The molecule has 2 aliphatic rings. The first-order valence-electron chi connectivity index (χ1n) is 17.6. The highest BCUT2D eigenvalue weighted by Gasteiger charge is 2.43. The molecule has 5 heteroatoms. The third-order valence-corrected chi connectivity index (χ3v) is 10.5. The number of nitrogens with zero attached hydrogens (tertiary/aromatic N) is 3. The zero-order chi connectivity index (χ0) is 34.2. The number of hydrogen-bond acceptors (Lipinski definition) is 5. The van der Waals surface area contributed by atoms with Crippen LogP contribution in [-0.2, 0) is 0 Å². The average Bonchev–Trinajstić information content (AvgIpc) is 3.80. The predicted molar refractivity (Wildman–Crippen MR) is 209 cm³/mol. The molecule has 0 bridgehead atoms. The van der Waals surface area contributed by atoms with E-state index in [1.807, 2.05) is 42.5 Å². The number of benzene rings is 7. The van der Waals surface area contributed by atoms with Crippen molar-refractivity contribution in [2.75, 3.05) is 0 Å². The van der Waals surface area contributed by atoms with Crippen LogP contribution >= 0.6 is 0 Å². The first-order chi connectivity index (χ1) is 25.8. The van der Waals surface area contributed by atoms with Gasteiger partial charge in [-0.1, -0.05) is 140 Å². The molecule has 11 rings (SSSR count). The number of rotatable bonds is 4. The third kappa shape index (κ3) is 4.46. The van der Waals surface area contributed by atoms with Gasteiger partial charge in [0.05, 0.1) is 5.92 Å². The molecule has 0 spiro atoms. The van der Waals surface area contributed by atoms with Crippen molar-refractivity contribution in [1.29, 1.82) is 0 Å². The Hall–Kier alpha value is -6.85. The summed E-state index contributed by atoms with van der Waals surface area (Å²) in [6.45, 7) is 0. The largest absolute Gasteiger partial charge is 0.484 e. The zero-order valence-electron chi connectivity index (χ0n) is 27.9. The summed E-state index contributed by atoms with van der Waals surface area (Å²) in [5.74, 6) is 2.64. The zero-order valence-corrected chi connectivity index (χ0v) is 27.9. The van der Waals surface area contributed by atoms with Crippen LogP contribution in [-0.4, -0.2) is 21.1 Å². The number of para-hydroxylation sites is 2. The Bertz CT molecular complexity index is 2960. The van der Waals surface area contributed by atoms with E-state index >= 15 is 0 Å². The molecule has 0 saturated heterocycles. The van der Waals surface area contributed by atoms with E-state index in [-0.39, 0.29) is 12.0 Å². The molecule has 2 unspecified atom stereocenters. The smallest absolute Gasteiger partial charge is 0.164 e. The van der Waals surface area contributed by atoms with E-state index in [2.05, 4.69) is 121 Å². The predicted octanol–water partition coefficient (Wildman–Crippen LogP) is 11.4. The van der Waals surface area contributed by atoms with Crippen molar-refractivity contribution >= 4 is 54.6 Å². The van der Waals surface area contributed by atoms with Crippen LogP contribution in [0.5, 0.6) is 5.75 Å². The van der Waals surface area contributed by atoms with Crippen LogP contribution in [0.25, 0.3) is 77.4 Å². The maximum atomic E-state index is 6.88. The summed E-state index contributed by atoms with van der Waals surface area (Å²) < 4.78 is 13.2. The Morgan fingerprint density at radius 3 is 2.04 bits per heavy atom. The van der Waals surface area contributed by atoms with Crippen LogP contribution in [0, 0.1) is 0 Å². The molecule has 7 aromatic carbocycles. The van der Waals surface area contributed by atoms with E-state index < -0.39 is 0 Å². The summed E-state index contributed by atoms with van der Waals surface area (Å²) in [4.78, 5) is 15.6. The van der Waals surface area contributed by atoms with Crippen LogP contribution in [0.1, 0.15) is 22.9 Å². The van der Waals surface area contributed by atoms with E-state index in [1.165, 1.54) is 21.5 Å². The van der Waals surface area contributed by atoms with Crippen molar-refractivity contribution in [2.24, 2.45) is 0 Å². The highest BCUT2D eigenvalue weighted by atomic mass is 16.5. The van der Waals surface area contributed by atoms with Gasteiger partial charge in [0.1, 0.15) is 23.0 Å². The highest BCUT2D eigenvalue weighted by Crippen LogP contribution is 2.52. The number of aromatic nitrogens is 3. The molecule has 2 atom stereocenters. The first-order valence-corrected chi connectivity index (χ1v) is 17.6. The molecule has 244 valence electrons. The fraction of sp³-hybridized carbons (Fsp3) is 0.0426. The summed E-state index contributed by atoms with van der Waals surface area (Å²) in [6, 6.07) is 52.4. The van der Waals surface area contributed by atoms with Crippen molar-refractivity contribution in [2.45, 2.75) is 12.0 Å². The van der Waals surface area contributed by atoms with Gasteiger partial charge in [-0.05, 0) is 51.4 Å². The fourth-order valence-electron chi connectivity index (χ4n) is 8.13. The maximum absolute atomic E-state index is 6.88. The van der Waals surface area contributed by atoms with E-state index in [1.54, 1.807) is 0 Å². The van der Waals surface area contributed by atoms with Crippen molar-refractivity contribution in [3.63, 3.8) is 0 Å². The number of allylic oxidation sites excluding steroid dienone is 2. The van der Waals surface area contributed by atoms with Crippen LogP contribution in [0.4, 0.5) is 0 Å². The molecule has 9 aromatic rings. The average molecular weight is 668 g/mol. The van der Waals surface area contributed by atoms with Gasteiger partial charge in [0.2, 0.25) is 0 Å². The molecular formula is C47H29N3O2. The van der Waals surface area contributed by atoms with Gasteiger partial charge in [0, 0.05) is 38.6 Å². The van der Waals surface area contributed by atoms with E-state index in [0.29, 0.717) is 17.5 Å². The van der Waals surface area contributed by atoms with Crippen LogP contribution < -0.4 is 4.74 Å². The molecule has 0 N–H and O–H groups in total. The van der Waals surface area contributed by atoms with Gasteiger partial charge in [-0.3, -0.25) is 0 Å². The van der Waals surface area contributed by atoms with Crippen molar-refractivity contribution in [3.05, 3.63) is 181 Å². The van der Waals surface area contributed by atoms with Gasteiger partial charge in [0.15, 0.2) is 17.5 Å². The normalized spacial score (nSPS) is 16.5. The second-order valence-electron chi connectivity index (χ2n) is 13.5. The Kier molecular flexibility index (Phi) is 6.31. The summed E-state index contributed by atoms with van der Waals surface area (Å²) >= 11 is 0. The van der Waals surface area contributed by atoms with Gasteiger partial charge >= 0.3 is 0 Å². The van der Waals surface area contributed by atoms with Crippen molar-refractivity contribution in [1.82, 2.24) is 15.0 Å². The van der Waals surface area contributed by atoms with Crippen LogP contribution in [0.3, 0.4) is 0 Å². The van der Waals surface area contributed by atoms with Crippen molar-refractivity contribution in [3.8, 4) is 28.5 Å². The third-order valence-electron chi connectivity index (χ3n) is 10.5. The SMILES string of the molecule is C1=C(c2cccc3oc4ccccc4c23)C2Oc3ccccc3C2C(c2nc(-c3ccccc3)nc(-c3ccc4ccc5ccccc5c4c3)n2)=C1. The summed E-state index contributed by atoms with van der Waals surface area (Å²) in [5, 5.41) is 6.94. The molecule has 0 amide bonds. The van der Waals surface area contributed by atoms with Crippen molar-refractivity contribution < 1.29 is 9.15 Å². The summed E-state index contributed by atoms with van der Waals surface area (Å²) in [6.07, 6.45) is 4.08. The quantitative estimate of drug-likeness (QED) is 0.175. The van der Waals surface area contributed by atoms with Crippen LogP contribution in [0.15, 0.2) is 168 Å². The van der Waals surface area contributed by atoms with Gasteiger partial charge in [-0.25, -0.2) is 15.0 Å². The molecule has 0 saturated carbocycles. The number of ether oxygens (including phenoxy) is 1. The lowest BCUT2D eigenvalue weighted by Gasteiger charge is -2.28. The Balaban J connectivity index is 1.14. The first kappa shape index (κ1) is 28.9.